The standard InChI is InChI=1S/C21H33N3O3.HI/c1-5-26-20(25)17-10-12-18(13-11-17)24-21(22-4)23-14-16(3)27-19-9-7-6-8-15(19)2;/h6-9,16-18H,5,10-14H2,1-4H3,(H2,22,23,24);1H. The number of guanidine groups is 1. The van der Waals surface area contributed by atoms with Crippen LogP contribution in [0.15, 0.2) is 29.3 Å². The van der Waals surface area contributed by atoms with Gasteiger partial charge in [-0.05, 0) is 58.1 Å². The second-order valence-corrected chi connectivity index (χ2v) is 7.09. The van der Waals surface area contributed by atoms with Gasteiger partial charge in [0, 0.05) is 13.1 Å². The number of benzene rings is 1. The number of aryl methyl sites for hydroxylation is 1. The number of carbonyl (C=O) groups is 1. The molecule has 0 saturated heterocycles. The van der Waals surface area contributed by atoms with Crippen LogP contribution in [-0.2, 0) is 9.53 Å². The molecule has 158 valence electrons. The van der Waals surface area contributed by atoms with E-state index in [2.05, 4.69) is 15.6 Å². The average molecular weight is 503 g/mol. The molecule has 0 amide bonds. The molecule has 1 fully saturated rings. The Balaban J connectivity index is 0.00000392. The smallest absolute Gasteiger partial charge is 0.308 e. The van der Waals surface area contributed by atoms with Crippen molar-refractivity contribution in [3.63, 3.8) is 0 Å². The lowest BCUT2D eigenvalue weighted by Crippen LogP contribution is -2.47. The summed E-state index contributed by atoms with van der Waals surface area (Å²) in [4.78, 5) is 16.2. The highest BCUT2D eigenvalue weighted by molar-refractivity contribution is 14.0. The number of para-hydroxylation sites is 1. The Bertz CT molecular complexity index is 631. The molecule has 0 bridgehead atoms. The van der Waals surface area contributed by atoms with Gasteiger partial charge < -0.3 is 20.1 Å². The molecule has 1 aromatic carbocycles. The Morgan fingerprint density at radius 2 is 1.93 bits per heavy atom. The first-order valence-corrected chi connectivity index (χ1v) is 9.89. The quantitative estimate of drug-likeness (QED) is 0.257. The molecule has 2 N–H and O–H groups in total. The van der Waals surface area contributed by atoms with E-state index in [1.165, 1.54) is 0 Å². The molecule has 1 atom stereocenters. The summed E-state index contributed by atoms with van der Waals surface area (Å²) in [6.07, 6.45) is 3.63. The van der Waals surface area contributed by atoms with E-state index in [-0.39, 0.29) is 42.0 Å². The van der Waals surface area contributed by atoms with E-state index >= 15 is 0 Å². The highest BCUT2D eigenvalue weighted by Gasteiger charge is 2.27. The lowest BCUT2D eigenvalue weighted by molar-refractivity contribution is -0.149. The number of esters is 1. The minimum absolute atomic E-state index is 0. The maximum Gasteiger partial charge on any atom is 0.308 e. The topological polar surface area (TPSA) is 72.0 Å². The van der Waals surface area contributed by atoms with Crippen LogP contribution < -0.4 is 15.4 Å². The number of aliphatic imine (C=N–C) groups is 1. The van der Waals surface area contributed by atoms with Crippen molar-refractivity contribution >= 4 is 35.9 Å². The van der Waals surface area contributed by atoms with Crippen molar-refractivity contribution in [3.8, 4) is 5.75 Å². The fraction of sp³-hybridized carbons (Fsp3) is 0.619. The van der Waals surface area contributed by atoms with Crippen molar-refractivity contribution in [2.75, 3.05) is 20.2 Å². The molecule has 1 unspecified atom stereocenters. The molecular weight excluding hydrogens is 469 g/mol. The third kappa shape index (κ3) is 7.85. The molecule has 0 radical (unpaired) electrons. The molecule has 0 aliphatic heterocycles. The number of hydrogen-bond acceptors (Lipinski definition) is 4. The summed E-state index contributed by atoms with van der Waals surface area (Å²) >= 11 is 0. The van der Waals surface area contributed by atoms with Crippen LogP contribution in [0.2, 0.25) is 0 Å². The number of nitrogens with zero attached hydrogens (tertiary/aromatic N) is 1. The SMILES string of the molecule is CCOC(=O)C1CCC(NC(=NC)NCC(C)Oc2ccccc2C)CC1.I. The lowest BCUT2D eigenvalue weighted by atomic mass is 9.86. The maximum absolute atomic E-state index is 11.8. The van der Waals surface area contributed by atoms with Crippen LogP contribution in [0.3, 0.4) is 0 Å². The highest BCUT2D eigenvalue weighted by Crippen LogP contribution is 2.25. The molecule has 1 aliphatic rings. The summed E-state index contributed by atoms with van der Waals surface area (Å²) in [5, 5.41) is 6.79. The van der Waals surface area contributed by atoms with Gasteiger partial charge in [0.1, 0.15) is 11.9 Å². The highest BCUT2D eigenvalue weighted by atomic mass is 127. The zero-order chi connectivity index (χ0) is 19.6. The zero-order valence-electron chi connectivity index (χ0n) is 17.4. The van der Waals surface area contributed by atoms with Gasteiger partial charge in [0.05, 0.1) is 19.1 Å². The third-order valence-corrected chi connectivity index (χ3v) is 4.89. The summed E-state index contributed by atoms with van der Waals surface area (Å²) in [5.41, 5.74) is 1.13. The van der Waals surface area contributed by atoms with E-state index in [1.54, 1.807) is 7.05 Å². The normalized spacial score (nSPS) is 20.5. The Morgan fingerprint density at radius 3 is 2.54 bits per heavy atom. The molecule has 0 spiro atoms. The van der Waals surface area contributed by atoms with E-state index in [4.69, 9.17) is 9.47 Å². The van der Waals surface area contributed by atoms with Gasteiger partial charge in [-0.1, -0.05) is 18.2 Å². The van der Waals surface area contributed by atoms with Gasteiger partial charge in [-0.2, -0.15) is 0 Å². The van der Waals surface area contributed by atoms with Crippen LogP contribution in [-0.4, -0.2) is 44.3 Å². The summed E-state index contributed by atoms with van der Waals surface area (Å²) < 4.78 is 11.1. The fourth-order valence-electron chi connectivity index (χ4n) is 3.31. The van der Waals surface area contributed by atoms with E-state index in [1.807, 2.05) is 45.0 Å². The Labute approximate surface area is 185 Å². The van der Waals surface area contributed by atoms with Crippen LogP contribution in [0, 0.1) is 12.8 Å². The van der Waals surface area contributed by atoms with E-state index in [0.717, 1.165) is 43.0 Å². The van der Waals surface area contributed by atoms with Gasteiger partial charge in [-0.3, -0.25) is 9.79 Å². The second-order valence-electron chi connectivity index (χ2n) is 7.09. The molecule has 2 rings (SSSR count). The van der Waals surface area contributed by atoms with Gasteiger partial charge in [-0.15, -0.1) is 24.0 Å². The number of halogens is 1. The monoisotopic (exact) mass is 503 g/mol. The van der Waals surface area contributed by atoms with Crippen LogP contribution in [0.5, 0.6) is 5.75 Å². The molecule has 0 heterocycles. The lowest BCUT2D eigenvalue weighted by Gasteiger charge is -2.29. The van der Waals surface area contributed by atoms with E-state index in [0.29, 0.717) is 19.2 Å². The van der Waals surface area contributed by atoms with Crippen molar-refractivity contribution in [2.45, 2.75) is 58.6 Å². The van der Waals surface area contributed by atoms with Crippen molar-refractivity contribution in [3.05, 3.63) is 29.8 Å². The Hall–Kier alpha value is -1.51. The Kier molecular flexibility index (Phi) is 11.3. The largest absolute Gasteiger partial charge is 0.489 e. The molecule has 28 heavy (non-hydrogen) atoms. The van der Waals surface area contributed by atoms with Gasteiger partial charge in [-0.25, -0.2) is 0 Å². The Morgan fingerprint density at radius 1 is 1.25 bits per heavy atom. The van der Waals surface area contributed by atoms with Crippen LogP contribution in [0.1, 0.15) is 45.1 Å². The van der Waals surface area contributed by atoms with Crippen LogP contribution >= 0.6 is 24.0 Å². The van der Waals surface area contributed by atoms with Gasteiger partial charge in [0.25, 0.3) is 0 Å². The molecule has 0 aromatic heterocycles. The number of hydrogen-bond donors (Lipinski definition) is 2. The minimum Gasteiger partial charge on any atom is -0.489 e. The summed E-state index contributed by atoms with van der Waals surface area (Å²) in [6.45, 7) is 7.05. The maximum atomic E-state index is 11.8. The summed E-state index contributed by atoms with van der Waals surface area (Å²) in [6, 6.07) is 8.35. The fourth-order valence-corrected chi connectivity index (χ4v) is 3.31. The summed E-state index contributed by atoms with van der Waals surface area (Å²) in [7, 11) is 1.77. The second kappa shape index (κ2) is 12.9. The van der Waals surface area contributed by atoms with Crippen molar-refractivity contribution in [1.82, 2.24) is 10.6 Å². The third-order valence-electron chi connectivity index (χ3n) is 4.89. The van der Waals surface area contributed by atoms with E-state index in [9.17, 15) is 4.79 Å². The first-order chi connectivity index (χ1) is 13.0. The number of rotatable bonds is 7. The van der Waals surface area contributed by atoms with Crippen molar-refractivity contribution < 1.29 is 14.3 Å². The van der Waals surface area contributed by atoms with Crippen molar-refractivity contribution in [1.29, 1.82) is 0 Å². The first kappa shape index (κ1) is 24.5. The molecule has 1 aliphatic carbocycles. The van der Waals surface area contributed by atoms with Gasteiger partial charge in [0.2, 0.25) is 0 Å². The van der Waals surface area contributed by atoms with Gasteiger partial charge >= 0.3 is 5.97 Å². The van der Waals surface area contributed by atoms with Gasteiger partial charge in [0.15, 0.2) is 5.96 Å². The average Bonchev–Trinajstić information content (AvgIpc) is 2.67. The first-order valence-electron chi connectivity index (χ1n) is 9.89. The number of ether oxygens (including phenoxy) is 2. The molecule has 6 nitrogen and oxygen atoms in total. The van der Waals surface area contributed by atoms with E-state index < -0.39 is 0 Å². The zero-order valence-corrected chi connectivity index (χ0v) is 19.7. The van der Waals surface area contributed by atoms with Crippen LogP contribution in [0.25, 0.3) is 0 Å². The van der Waals surface area contributed by atoms with Crippen molar-refractivity contribution in [2.24, 2.45) is 10.9 Å². The number of nitrogens with one attached hydrogen (secondary N) is 2. The molecular formula is C21H34IN3O3. The summed E-state index contributed by atoms with van der Waals surface area (Å²) in [5.74, 6) is 1.67. The predicted molar refractivity (Wildman–Crippen MR) is 124 cm³/mol. The molecule has 7 heteroatoms. The number of carbonyl (C=O) groups excluding carboxylic acids is 1. The molecule has 1 saturated carbocycles. The van der Waals surface area contributed by atoms with Crippen LogP contribution in [0.4, 0.5) is 0 Å². The predicted octanol–water partition coefficient (Wildman–Crippen LogP) is 3.67. The minimum atomic E-state index is -0.0550. The molecule has 1 aromatic rings.